The first-order valence-electron chi connectivity index (χ1n) is 5.71. The zero-order chi connectivity index (χ0) is 13.9. The smallest absolute Gasteiger partial charge is 0.309 e. The van der Waals surface area contributed by atoms with Crippen molar-refractivity contribution >= 4 is 11.9 Å². The Morgan fingerprint density at radius 2 is 2.11 bits per heavy atom. The standard InChI is InChI=1S/C12H19N3O3/c1-8-9(7-14-15(8)4)6-13-10(16)5-12(2,3)11(17)18/h7H,5-6H2,1-4H3,(H,13,16)(H,17,18). The molecule has 100 valence electrons. The molecule has 0 aliphatic heterocycles. The van der Waals surface area contributed by atoms with Gasteiger partial charge in [-0.15, -0.1) is 0 Å². The predicted molar refractivity (Wildman–Crippen MR) is 65.8 cm³/mol. The number of carbonyl (C=O) groups excluding carboxylic acids is 1. The quantitative estimate of drug-likeness (QED) is 0.814. The number of hydrogen-bond donors (Lipinski definition) is 2. The summed E-state index contributed by atoms with van der Waals surface area (Å²) in [6.45, 7) is 5.35. The molecule has 0 aliphatic carbocycles. The lowest BCUT2D eigenvalue weighted by atomic mass is 9.89. The highest BCUT2D eigenvalue weighted by Gasteiger charge is 2.30. The molecule has 1 amide bonds. The molecule has 0 unspecified atom stereocenters. The van der Waals surface area contributed by atoms with Gasteiger partial charge < -0.3 is 10.4 Å². The molecule has 0 saturated carbocycles. The van der Waals surface area contributed by atoms with Gasteiger partial charge in [0.05, 0.1) is 11.6 Å². The lowest BCUT2D eigenvalue weighted by Gasteiger charge is -2.18. The van der Waals surface area contributed by atoms with Crippen LogP contribution in [0.2, 0.25) is 0 Å². The first kappa shape index (κ1) is 14.2. The molecule has 0 aromatic carbocycles. The van der Waals surface area contributed by atoms with Gasteiger partial charge in [-0.2, -0.15) is 5.10 Å². The van der Waals surface area contributed by atoms with E-state index in [2.05, 4.69) is 10.4 Å². The van der Waals surface area contributed by atoms with Crippen molar-refractivity contribution in [1.29, 1.82) is 0 Å². The summed E-state index contributed by atoms with van der Waals surface area (Å²) in [6.07, 6.45) is 1.65. The first-order chi connectivity index (χ1) is 8.24. The van der Waals surface area contributed by atoms with Crippen LogP contribution in [0.1, 0.15) is 31.5 Å². The fourth-order valence-electron chi connectivity index (χ4n) is 1.45. The highest BCUT2D eigenvalue weighted by atomic mass is 16.4. The Balaban J connectivity index is 2.52. The maximum Gasteiger partial charge on any atom is 0.309 e. The SMILES string of the molecule is Cc1c(CNC(=O)CC(C)(C)C(=O)O)cnn1C. The highest BCUT2D eigenvalue weighted by molar-refractivity contribution is 5.84. The Morgan fingerprint density at radius 3 is 2.56 bits per heavy atom. The molecular formula is C12H19N3O3. The lowest BCUT2D eigenvalue weighted by molar-refractivity contribution is -0.149. The minimum atomic E-state index is -1.05. The monoisotopic (exact) mass is 253 g/mol. The summed E-state index contributed by atoms with van der Waals surface area (Å²) in [5.74, 6) is -1.25. The van der Waals surface area contributed by atoms with Crippen molar-refractivity contribution in [3.05, 3.63) is 17.5 Å². The summed E-state index contributed by atoms with van der Waals surface area (Å²) < 4.78 is 1.72. The fraction of sp³-hybridized carbons (Fsp3) is 0.583. The Hall–Kier alpha value is -1.85. The number of carbonyl (C=O) groups is 2. The second-order valence-corrected chi connectivity index (χ2v) is 5.02. The molecule has 0 fully saturated rings. The van der Waals surface area contributed by atoms with E-state index in [1.807, 2.05) is 14.0 Å². The molecule has 0 saturated heterocycles. The van der Waals surface area contributed by atoms with E-state index >= 15 is 0 Å². The van der Waals surface area contributed by atoms with E-state index in [1.54, 1.807) is 10.9 Å². The van der Waals surface area contributed by atoms with Gasteiger partial charge >= 0.3 is 5.97 Å². The van der Waals surface area contributed by atoms with Gasteiger partial charge in [0.15, 0.2) is 0 Å². The Kier molecular flexibility index (Phi) is 4.11. The van der Waals surface area contributed by atoms with E-state index in [0.717, 1.165) is 11.3 Å². The molecule has 1 rings (SSSR count). The second-order valence-electron chi connectivity index (χ2n) is 5.02. The van der Waals surface area contributed by atoms with Crippen molar-refractivity contribution in [1.82, 2.24) is 15.1 Å². The molecule has 0 aliphatic rings. The normalized spacial score (nSPS) is 11.3. The van der Waals surface area contributed by atoms with Crippen LogP contribution in [0, 0.1) is 12.3 Å². The summed E-state index contributed by atoms with van der Waals surface area (Å²) in [7, 11) is 1.83. The molecule has 0 spiro atoms. The fourth-order valence-corrected chi connectivity index (χ4v) is 1.45. The van der Waals surface area contributed by atoms with Crippen molar-refractivity contribution < 1.29 is 14.7 Å². The largest absolute Gasteiger partial charge is 0.481 e. The number of nitrogens with zero attached hydrogens (tertiary/aromatic N) is 2. The number of aromatic nitrogens is 2. The Morgan fingerprint density at radius 1 is 1.50 bits per heavy atom. The molecule has 6 nitrogen and oxygen atoms in total. The van der Waals surface area contributed by atoms with Crippen molar-refractivity contribution in [2.75, 3.05) is 0 Å². The molecular weight excluding hydrogens is 234 g/mol. The number of rotatable bonds is 5. The van der Waals surface area contributed by atoms with Gasteiger partial charge in [-0.25, -0.2) is 0 Å². The van der Waals surface area contributed by atoms with Crippen LogP contribution in [0.25, 0.3) is 0 Å². The van der Waals surface area contributed by atoms with Gasteiger partial charge in [-0.1, -0.05) is 0 Å². The Labute approximate surface area is 106 Å². The van der Waals surface area contributed by atoms with Crippen LogP contribution < -0.4 is 5.32 Å². The molecule has 1 aromatic heterocycles. The topological polar surface area (TPSA) is 84.2 Å². The number of amides is 1. The summed E-state index contributed by atoms with van der Waals surface area (Å²) in [6, 6.07) is 0. The van der Waals surface area contributed by atoms with E-state index in [4.69, 9.17) is 5.11 Å². The number of carboxylic acid groups (broad SMARTS) is 1. The zero-order valence-corrected chi connectivity index (χ0v) is 11.1. The van der Waals surface area contributed by atoms with Crippen LogP contribution in [0.15, 0.2) is 6.20 Å². The second kappa shape index (κ2) is 5.20. The minimum Gasteiger partial charge on any atom is -0.481 e. The summed E-state index contributed by atoms with van der Waals surface area (Å²) in [5, 5.41) is 15.7. The number of carboxylic acids is 1. The van der Waals surface area contributed by atoms with Crippen LogP contribution in [0.5, 0.6) is 0 Å². The van der Waals surface area contributed by atoms with Crippen LogP contribution >= 0.6 is 0 Å². The number of hydrogen-bond acceptors (Lipinski definition) is 3. The molecule has 1 heterocycles. The van der Waals surface area contributed by atoms with E-state index in [1.165, 1.54) is 13.8 Å². The summed E-state index contributed by atoms with van der Waals surface area (Å²) >= 11 is 0. The number of nitrogens with one attached hydrogen (secondary N) is 1. The van der Waals surface area contributed by atoms with E-state index in [-0.39, 0.29) is 12.3 Å². The maximum absolute atomic E-state index is 11.7. The summed E-state index contributed by atoms with van der Waals surface area (Å²) in [5.41, 5.74) is 0.861. The van der Waals surface area contributed by atoms with E-state index in [0.29, 0.717) is 6.54 Å². The van der Waals surface area contributed by atoms with Gasteiger partial charge in [0, 0.05) is 31.3 Å². The molecule has 2 N–H and O–H groups in total. The zero-order valence-electron chi connectivity index (χ0n) is 11.1. The minimum absolute atomic E-state index is 0.0400. The first-order valence-corrected chi connectivity index (χ1v) is 5.71. The van der Waals surface area contributed by atoms with Gasteiger partial charge in [0.25, 0.3) is 0 Å². The predicted octanol–water partition coefficient (Wildman–Crippen LogP) is 0.846. The van der Waals surface area contributed by atoms with Gasteiger partial charge in [-0.3, -0.25) is 14.3 Å². The number of aliphatic carboxylic acids is 1. The third-order valence-electron chi connectivity index (χ3n) is 2.99. The molecule has 0 radical (unpaired) electrons. The number of aryl methyl sites for hydroxylation is 1. The van der Waals surface area contributed by atoms with E-state index < -0.39 is 11.4 Å². The van der Waals surface area contributed by atoms with Gasteiger partial charge in [0.2, 0.25) is 5.91 Å². The highest BCUT2D eigenvalue weighted by Crippen LogP contribution is 2.20. The van der Waals surface area contributed by atoms with E-state index in [9.17, 15) is 9.59 Å². The third-order valence-corrected chi connectivity index (χ3v) is 2.99. The van der Waals surface area contributed by atoms with Crippen molar-refractivity contribution in [3.63, 3.8) is 0 Å². The van der Waals surface area contributed by atoms with Crippen LogP contribution in [0.3, 0.4) is 0 Å². The third kappa shape index (κ3) is 3.32. The molecule has 0 bridgehead atoms. The van der Waals surface area contributed by atoms with Crippen molar-refractivity contribution in [2.45, 2.75) is 33.7 Å². The van der Waals surface area contributed by atoms with Gasteiger partial charge in [0.1, 0.15) is 0 Å². The Bertz CT molecular complexity index is 463. The molecule has 18 heavy (non-hydrogen) atoms. The summed E-state index contributed by atoms with van der Waals surface area (Å²) in [4.78, 5) is 22.5. The average molecular weight is 253 g/mol. The van der Waals surface area contributed by atoms with Crippen LogP contribution in [-0.2, 0) is 23.2 Å². The molecule has 1 aromatic rings. The lowest BCUT2D eigenvalue weighted by Crippen LogP contribution is -2.33. The van der Waals surface area contributed by atoms with Crippen LogP contribution in [-0.4, -0.2) is 26.8 Å². The molecule has 0 atom stereocenters. The van der Waals surface area contributed by atoms with Crippen molar-refractivity contribution in [2.24, 2.45) is 12.5 Å². The maximum atomic E-state index is 11.7. The van der Waals surface area contributed by atoms with Crippen molar-refractivity contribution in [3.8, 4) is 0 Å². The average Bonchev–Trinajstić information content (AvgIpc) is 2.56. The van der Waals surface area contributed by atoms with Crippen LogP contribution in [0.4, 0.5) is 0 Å². The van der Waals surface area contributed by atoms with Gasteiger partial charge in [-0.05, 0) is 20.8 Å². The molecule has 6 heteroatoms.